The van der Waals surface area contributed by atoms with E-state index in [0.717, 1.165) is 12.0 Å². The van der Waals surface area contributed by atoms with Crippen LogP contribution in [0, 0.1) is 11.3 Å². The van der Waals surface area contributed by atoms with Crippen molar-refractivity contribution in [3.05, 3.63) is 53.6 Å². The summed E-state index contributed by atoms with van der Waals surface area (Å²) in [6.45, 7) is 5.01. The van der Waals surface area contributed by atoms with Gasteiger partial charge in [0.15, 0.2) is 11.5 Å². The van der Waals surface area contributed by atoms with Crippen LogP contribution in [0.3, 0.4) is 0 Å². The maximum Gasteiger partial charge on any atom is 0.255 e. The number of rotatable bonds is 8. The number of ether oxygens (including phenoxy) is 2. The highest BCUT2D eigenvalue weighted by molar-refractivity contribution is 6.04. The summed E-state index contributed by atoms with van der Waals surface area (Å²) in [5, 5.41) is 11.5. The number of hydrogen-bond acceptors (Lipinski definition) is 4. The Morgan fingerprint density at radius 1 is 1.08 bits per heavy atom. The van der Waals surface area contributed by atoms with Crippen molar-refractivity contribution < 1.29 is 14.3 Å². The van der Waals surface area contributed by atoms with Gasteiger partial charge < -0.3 is 14.8 Å². The maximum atomic E-state index is 12.4. The molecule has 0 aliphatic carbocycles. The van der Waals surface area contributed by atoms with Crippen LogP contribution in [-0.4, -0.2) is 19.1 Å². The van der Waals surface area contributed by atoms with Crippen molar-refractivity contribution in [1.82, 2.24) is 0 Å². The average molecular weight is 338 g/mol. The topological polar surface area (TPSA) is 71.3 Å². The van der Waals surface area contributed by atoms with Crippen LogP contribution < -0.4 is 14.8 Å². The van der Waals surface area contributed by atoms with E-state index in [2.05, 4.69) is 11.4 Å². The van der Waals surface area contributed by atoms with Crippen molar-refractivity contribution in [2.45, 2.75) is 26.7 Å². The summed E-state index contributed by atoms with van der Waals surface area (Å²) in [4.78, 5) is 12.4. The number of hydrogen-bond donors (Lipinski definition) is 1. The van der Waals surface area contributed by atoms with Crippen LogP contribution in [0.15, 0.2) is 42.5 Å². The summed E-state index contributed by atoms with van der Waals surface area (Å²) in [6.07, 6.45) is 1.25. The number of benzene rings is 2. The van der Waals surface area contributed by atoms with E-state index in [9.17, 15) is 4.79 Å². The molecule has 0 fully saturated rings. The largest absolute Gasteiger partial charge is 0.490 e. The highest BCUT2D eigenvalue weighted by Gasteiger charge is 2.12. The second-order valence-corrected chi connectivity index (χ2v) is 5.43. The molecule has 130 valence electrons. The Morgan fingerprint density at radius 2 is 1.84 bits per heavy atom. The second-order valence-electron chi connectivity index (χ2n) is 5.43. The molecule has 0 unspecified atom stereocenters. The molecule has 2 aromatic carbocycles. The Kier molecular flexibility index (Phi) is 6.85. The predicted octanol–water partition coefficient (Wildman–Crippen LogP) is 4.19. The van der Waals surface area contributed by atoms with Gasteiger partial charge in [0.1, 0.15) is 0 Å². The van der Waals surface area contributed by atoms with Crippen LogP contribution in [0.5, 0.6) is 11.5 Å². The van der Waals surface area contributed by atoms with Crippen LogP contribution in [0.25, 0.3) is 0 Å². The molecular formula is C20H22N2O3. The fraction of sp³-hybridized carbons (Fsp3) is 0.300. The van der Waals surface area contributed by atoms with Crippen LogP contribution in [0.2, 0.25) is 0 Å². The number of anilines is 1. The molecule has 0 saturated heterocycles. The monoisotopic (exact) mass is 338 g/mol. The van der Waals surface area contributed by atoms with Gasteiger partial charge in [-0.05, 0) is 49.2 Å². The molecule has 2 rings (SSSR count). The molecule has 0 spiro atoms. The molecule has 2 aromatic rings. The van der Waals surface area contributed by atoms with Gasteiger partial charge in [-0.15, -0.1) is 0 Å². The van der Waals surface area contributed by atoms with E-state index in [1.165, 1.54) is 0 Å². The number of nitrogens with one attached hydrogen (secondary N) is 1. The SMILES string of the molecule is CCCOc1ccc(C(=O)Nc2ccc(CC#N)cc2)cc1OCC. The van der Waals surface area contributed by atoms with Gasteiger partial charge in [-0.25, -0.2) is 0 Å². The van der Waals surface area contributed by atoms with Crippen LogP contribution in [0.1, 0.15) is 36.2 Å². The Balaban J connectivity index is 2.12. The van der Waals surface area contributed by atoms with Crippen molar-refractivity contribution in [3.8, 4) is 17.6 Å². The van der Waals surface area contributed by atoms with Crippen LogP contribution in [-0.2, 0) is 6.42 Å². The first-order valence-electron chi connectivity index (χ1n) is 8.34. The minimum atomic E-state index is -0.226. The van der Waals surface area contributed by atoms with Gasteiger partial charge in [-0.2, -0.15) is 5.26 Å². The molecule has 1 amide bonds. The standard InChI is InChI=1S/C20H22N2O3/c1-3-13-25-18-10-7-16(14-19(18)24-4-2)20(23)22-17-8-5-15(6-9-17)11-12-21/h5-10,14H,3-4,11,13H2,1-2H3,(H,22,23). The molecule has 0 atom stereocenters. The van der Waals surface area contributed by atoms with E-state index in [0.29, 0.717) is 42.4 Å². The van der Waals surface area contributed by atoms with E-state index in [4.69, 9.17) is 14.7 Å². The first-order valence-corrected chi connectivity index (χ1v) is 8.34. The number of nitrogens with zero attached hydrogens (tertiary/aromatic N) is 1. The molecule has 0 aliphatic rings. The second kappa shape index (κ2) is 9.33. The number of nitriles is 1. The van der Waals surface area contributed by atoms with Crippen molar-refractivity contribution >= 4 is 11.6 Å². The van der Waals surface area contributed by atoms with E-state index in [1.807, 2.05) is 26.0 Å². The molecule has 1 N–H and O–H groups in total. The number of carbonyl (C=O) groups excluding carboxylic acids is 1. The first kappa shape index (κ1) is 18.3. The van der Waals surface area contributed by atoms with Crippen molar-refractivity contribution in [3.63, 3.8) is 0 Å². The molecule has 25 heavy (non-hydrogen) atoms. The summed E-state index contributed by atoms with van der Waals surface area (Å²) in [6, 6.07) is 14.5. The van der Waals surface area contributed by atoms with E-state index in [1.54, 1.807) is 30.3 Å². The molecule has 0 bridgehead atoms. The molecule has 0 aliphatic heterocycles. The zero-order valence-electron chi connectivity index (χ0n) is 14.5. The zero-order chi connectivity index (χ0) is 18.1. The van der Waals surface area contributed by atoms with Crippen molar-refractivity contribution in [2.75, 3.05) is 18.5 Å². The fourth-order valence-electron chi connectivity index (χ4n) is 2.25. The molecule has 0 heterocycles. The van der Waals surface area contributed by atoms with Crippen molar-refractivity contribution in [2.24, 2.45) is 0 Å². The van der Waals surface area contributed by atoms with Crippen molar-refractivity contribution in [1.29, 1.82) is 5.26 Å². The van der Waals surface area contributed by atoms with Gasteiger partial charge in [-0.1, -0.05) is 19.1 Å². The van der Waals surface area contributed by atoms with E-state index < -0.39 is 0 Å². The lowest BCUT2D eigenvalue weighted by atomic mass is 10.1. The Morgan fingerprint density at radius 3 is 2.48 bits per heavy atom. The van der Waals surface area contributed by atoms with Crippen LogP contribution >= 0.6 is 0 Å². The van der Waals surface area contributed by atoms with Crippen LogP contribution in [0.4, 0.5) is 5.69 Å². The summed E-state index contributed by atoms with van der Waals surface area (Å²) in [5.41, 5.74) is 2.08. The minimum absolute atomic E-state index is 0.226. The maximum absolute atomic E-state index is 12.4. The third-order valence-electron chi connectivity index (χ3n) is 3.46. The quantitative estimate of drug-likeness (QED) is 0.783. The third kappa shape index (κ3) is 5.25. The Labute approximate surface area is 148 Å². The molecule has 0 saturated carbocycles. The van der Waals surface area contributed by atoms with Gasteiger partial charge >= 0.3 is 0 Å². The van der Waals surface area contributed by atoms with Gasteiger partial charge in [0.05, 0.1) is 25.7 Å². The normalized spacial score (nSPS) is 9.96. The Bertz CT molecular complexity index is 749. The first-order chi connectivity index (χ1) is 12.2. The number of carbonyl (C=O) groups is 1. The molecule has 0 aromatic heterocycles. The van der Waals surface area contributed by atoms with Gasteiger partial charge in [-0.3, -0.25) is 4.79 Å². The Hall–Kier alpha value is -3.00. The molecule has 5 nitrogen and oxygen atoms in total. The number of amides is 1. The van der Waals surface area contributed by atoms with Gasteiger partial charge in [0, 0.05) is 11.3 Å². The lowest BCUT2D eigenvalue weighted by molar-refractivity contribution is 0.102. The smallest absolute Gasteiger partial charge is 0.255 e. The highest BCUT2D eigenvalue weighted by atomic mass is 16.5. The summed E-state index contributed by atoms with van der Waals surface area (Å²) < 4.78 is 11.2. The summed E-state index contributed by atoms with van der Waals surface area (Å²) in [7, 11) is 0. The molecule has 0 radical (unpaired) electrons. The third-order valence-corrected chi connectivity index (χ3v) is 3.46. The summed E-state index contributed by atoms with van der Waals surface area (Å²) >= 11 is 0. The predicted molar refractivity (Wildman–Crippen MR) is 97.1 cm³/mol. The summed E-state index contributed by atoms with van der Waals surface area (Å²) in [5.74, 6) is 0.977. The minimum Gasteiger partial charge on any atom is -0.490 e. The lowest BCUT2D eigenvalue weighted by Crippen LogP contribution is -2.12. The van der Waals surface area contributed by atoms with Gasteiger partial charge in [0.25, 0.3) is 5.91 Å². The van der Waals surface area contributed by atoms with E-state index in [-0.39, 0.29) is 5.91 Å². The molecular weight excluding hydrogens is 316 g/mol. The highest BCUT2D eigenvalue weighted by Crippen LogP contribution is 2.29. The van der Waals surface area contributed by atoms with Gasteiger partial charge in [0.2, 0.25) is 0 Å². The average Bonchev–Trinajstić information content (AvgIpc) is 2.62. The molecule has 5 heteroatoms. The lowest BCUT2D eigenvalue weighted by Gasteiger charge is -2.13. The van der Waals surface area contributed by atoms with E-state index >= 15 is 0 Å². The zero-order valence-corrected chi connectivity index (χ0v) is 14.5. The fourth-order valence-corrected chi connectivity index (χ4v) is 2.25.